The fraction of sp³-hybridized carbons (Fsp3) is 0.438. The third-order valence-electron chi connectivity index (χ3n) is 3.79. The van der Waals surface area contributed by atoms with Crippen molar-refractivity contribution in [2.24, 2.45) is 11.8 Å². The Balaban J connectivity index is 1.86. The van der Waals surface area contributed by atoms with Gasteiger partial charge < -0.3 is 4.90 Å². The Labute approximate surface area is 118 Å². The van der Waals surface area contributed by atoms with Crippen LogP contribution in [0, 0.1) is 11.8 Å². The molecule has 2 unspecified atom stereocenters. The second-order valence-corrected chi connectivity index (χ2v) is 6.89. The minimum absolute atomic E-state index is 0.208. The lowest BCUT2D eigenvalue weighted by Crippen LogP contribution is -2.42. The number of fused-ring (bicyclic) bond motifs is 1. The molecule has 1 aliphatic heterocycles. The van der Waals surface area contributed by atoms with Gasteiger partial charge in [0.2, 0.25) is 0 Å². The van der Waals surface area contributed by atoms with E-state index in [9.17, 15) is 4.79 Å². The van der Waals surface area contributed by atoms with E-state index in [1.807, 2.05) is 23.1 Å². The lowest BCUT2D eigenvalue weighted by molar-refractivity contribution is 0.0628. The van der Waals surface area contributed by atoms with Crippen LogP contribution in [0.1, 0.15) is 29.9 Å². The zero-order valence-corrected chi connectivity index (χ0v) is 12.2. The molecule has 2 heterocycles. The molecule has 0 N–H and O–H groups in total. The summed E-state index contributed by atoms with van der Waals surface area (Å²) in [6.07, 6.45) is 1.23. The number of nitrogens with zero attached hydrogens (tertiary/aromatic N) is 1. The fourth-order valence-electron chi connectivity index (χ4n) is 3.07. The third-order valence-corrected chi connectivity index (χ3v) is 4.90. The van der Waals surface area contributed by atoms with Gasteiger partial charge in [-0.3, -0.25) is 4.79 Å². The molecule has 0 radical (unpaired) electrons. The van der Waals surface area contributed by atoms with Crippen LogP contribution in [-0.2, 0) is 0 Å². The number of rotatable bonds is 1. The number of likely N-dealkylation sites (tertiary alicyclic amines) is 1. The Kier molecular flexibility index (Phi) is 3.31. The van der Waals surface area contributed by atoms with E-state index in [1.165, 1.54) is 16.5 Å². The molecule has 1 saturated heterocycles. The molecule has 0 aliphatic carbocycles. The van der Waals surface area contributed by atoms with E-state index in [4.69, 9.17) is 0 Å². The summed E-state index contributed by atoms with van der Waals surface area (Å²) in [6, 6.07) is 10.2. The Morgan fingerprint density at radius 3 is 2.58 bits per heavy atom. The van der Waals surface area contributed by atoms with Crippen LogP contribution >= 0.6 is 11.3 Å². The second kappa shape index (κ2) is 4.97. The first-order valence-corrected chi connectivity index (χ1v) is 7.73. The van der Waals surface area contributed by atoms with Crippen molar-refractivity contribution in [2.45, 2.75) is 20.3 Å². The van der Waals surface area contributed by atoms with Crippen LogP contribution in [-0.4, -0.2) is 23.9 Å². The average Bonchev–Trinajstić information content (AvgIpc) is 2.80. The van der Waals surface area contributed by atoms with Gasteiger partial charge in [0.1, 0.15) is 0 Å². The highest BCUT2D eigenvalue weighted by Gasteiger charge is 2.26. The molecular weight excluding hydrogens is 254 g/mol. The Morgan fingerprint density at radius 1 is 1.21 bits per heavy atom. The molecule has 0 bridgehead atoms. The molecule has 3 rings (SSSR count). The van der Waals surface area contributed by atoms with Gasteiger partial charge in [0.05, 0.1) is 4.88 Å². The Morgan fingerprint density at radius 2 is 1.89 bits per heavy atom. The molecule has 2 aromatic rings. The van der Waals surface area contributed by atoms with E-state index in [0.29, 0.717) is 11.8 Å². The fourth-order valence-corrected chi connectivity index (χ4v) is 4.10. The van der Waals surface area contributed by atoms with Crippen LogP contribution in [0.25, 0.3) is 10.1 Å². The number of hydrogen-bond acceptors (Lipinski definition) is 2. The predicted molar refractivity (Wildman–Crippen MR) is 80.7 cm³/mol. The molecule has 1 amide bonds. The number of carbonyl (C=O) groups excluding carboxylic acids is 1. The number of piperidine rings is 1. The standard InChI is InChI=1S/C16H19NOS/c1-11-7-12(2)10-17(9-11)16(18)15-8-13-5-3-4-6-14(13)19-15/h3-6,8,11-12H,7,9-10H2,1-2H3. The lowest BCUT2D eigenvalue weighted by Gasteiger charge is -2.34. The van der Waals surface area contributed by atoms with Crippen LogP contribution in [0.4, 0.5) is 0 Å². The summed E-state index contributed by atoms with van der Waals surface area (Å²) in [5.74, 6) is 1.43. The maximum absolute atomic E-state index is 12.6. The minimum atomic E-state index is 0.208. The molecule has 1 fully saturated rings. The number of amides is 1. The summed E-state index contributed by atoms with van der Waals surface area (Å²) in [4.78, 5) is 15.5. The van der Waals surface area contributed by atoms with E-state index in [1.54, 1.807) is 11.3 Å². The third kappa shape index (κ3) is 2.52. The van der Waals surface area contributed by atoms with Crippen LogP contribution in [0.3, 0.4) is 0 Å². The summed E-state index contributed by atoms with van der Waals surface area (Å²) in [6.45, 7) is 6.27. The van der Waals surface area contributed by atoms with Crippen molar-refractivity contribution in [1.29, 1.82) is 0 Å². The predicted octanol–water partition coefficient (Wildman–Crippen LogP) is 4.02. The zero-order chi connectivity index (χ0) is 13.4. The Bertz CT molecular complexity index is 561. The molecule has 3 heteroatoms. The number of hydrogen-bond donors (Lipinski definition) is 0. The maximum atomic E-state index is 12.6. The molecule has 100 valence electrons. The highest BCUT2D eigenvalue weighted by molar-refractivity contribution is 7.20. The number of thiophene rings is 1. The molecule has 2 atom stereocenters. The molecule has 1 aliphatic rings. The summed E-state index contributed by atoms with van der Waals surface area (Å²) >= 11 is 1.61. The van der Waals surface area contributed by atoms with E-state index >= 15 is 0 Å². The topological polar surface area (TPSA) is 20.3 Å². The van der Waals surface area contributed by atoms with Crippen molar-refractivity contribution in [3.8, 4) is 0 Å². The Hall–Kier alpha value is -1.35. The van der Waals surface area contributed by atoms with Crippen LogP contribution < -0.4 is 0 Å². The van der Waals surface area contributed by atoms with Crippen LogP contribution in [0.2, 0.25) is 0 Å². The quantitative estimate of drug-likeness (QED) is 0.768. The SMILES string of the molecule is CC1CC(C)CN(C(=O)c2cc3ccccc3s2)C1. The van der Waals surface area contributed by atoms with Gasteiger partial charge in [0.15, 0.2) is 0 Å². The van der Waals surface area contributed by atoms with Gasteiger partial charge in [-0.05, 0) is 35.8 Å². The molecule has 2 nitrogen and oxygen atoms in total. The lowest BCUT2D eigenvalue weighted by atomic mass is 9.92. The summed E-state index contributed by atoms with van der Waals surface area (Å²) < 4.78 is 1.20. The molecule has 0 spiro atoms. The van der Waals surface area contributed by atoms with E-state index in [0.717, 1.165) is 18.0 Å². The van der Waals surface area contributed by atoms with E-state index in [-0.39, 0.29) is 5.91 Å². The largest absolute Gasteiger partial charge is 0.337 e. The molecule has 19 heavy (non-hydrogen) atoms. The van der Waals surface area contributed by atoms with Gasteiger partial charge in [0, 0.05) is 17.8 Å². The summed E-state index contributed by atoms with van der Waals surface area (Å²) in [5, 5.41) is 1.17. The van der Waals surface area contributed by atoms with Crippen molar-refractivity contribution in [1.82, 2.24) is 4.90 Å². The molecule has 0 saturated carbocycles. The first kappa shape index (κ1) is 12.7. The maximum Gasteiger partial charge on any atom is 0.263 e. The van der Waals surface area contributed by atoms with Gasteiger partial charge in [0.25, 0.3) is 5.91 Å². The molecule has 1 aromatic heterocycles. The van der Waals surface area contributed by atoms with Crippen LogP contribution in [0.5, 0.6) is 0 Å². The van der Waals surface area contributed by atoms with Gasteiger partial charge in [-0.2, -0.15) is 0 Å². The van der Waals surface area contributed by atoms with Crippen molar-refractivity contribution in [3.05, 3.63) is 35.2 Å². The van der Waals surface area contributed by atoms with E-state index < -0.39 is 0 Å². The van der Waals surface area contributed by atoms with Gasteiger partial charge >= 0.3 is 0 Å². The first-order chi connectivity index (χ1) is 9.13. The highest BCUT2D eigenvalue weighted by Crippen LogP contribution is 2.28. The first-order valence-electron chi connectivity index (χ1n) is 6.91. The van der Waals surface area contributed by atoms with Crippen molar-refractivity contribution in [2.75, 3.05) is 13.1 Å². The minimum Gasteiger partial charge on any atom is -0.337 e. The van der Waals surface area contributed by atoms with Crippen molar-refractivity contribution >= 4 is 27.3 Å². The zero-order valence-electron chi connectivity index (χ0n) is 11.4. The summed E-state index contributed by atoms with van der Waals surface area (Å²) in [7, 11) is 0. The van der Waals surface area contributed by atoms with E-state index in [2.05, 4.69) is 26.0 Å². The van der Waals surface area contributed by atoms with Crippen molar-refractivity contribution < 1.29 is 4.79 Å². The summed E-state index contributed by atoms with van der Waals surface area (Å²) in [5.41, 5.74) is 0. The van der Waals surface area contributed by atoms with Gasteiger partial charge in [-0.15, -0.1) is 11.3 Å². The number of benzene rings is 1. The molecular formula is C16H19NOS. The second-order valence-electron chi connectivity index (χ2n) is 5.80. The number of carbonyl (C=O) groups is 1. The monoisotopic (exact) mass is 273 g/mol. The van der Waals surface area contributed by atoms with Crippen LogP contribution in [0.15, 0.2) is 30.3 Å². The smallest absolute Gasteiger partial charge is 0.263 e. The van der Waals surface area contributed by atoms with Gasteiger partial charge in [-0.1, -0.05) is 32.0 Å². The normalized spacial score (nSPS) is 23.8. The van der Waals surface area contributed by atoms with Crippen molar-refractivity contribution in [3.63, 3.8) is 0 Å². The average molecular weight is 273 g/mol. The molecule has 1 aromatic carbocycles. The highest BCUT2D eigenvalue weighted by atomic mass is 32.1. The van der Waals surface area contributed by atoms with Gasteiger partial charge in [-0.25, -0.2) is 0 Å².